The molecule has 0 bridgehead atoms. The van der Waals surface area contributed by atoms with Crippen molar-refractivity contribution >= 4 is 23.3 Å². The van der Waals surface area contributed by atoms with Crippen LogP contribution in [0.5, 0.6) is 0 Å². The summed E-state index contributed by atoms with van der Waals surface area (Å²) in [4.78, 5) is 18.6. The second-order valence-electron chi connectivity index (χ2n) is 5.46. The van der Waals surface area contributed by atoms with Crippen LogP contribution >= 0.6 is 11.8 Å². The number of nitro groups is 1. The minimum Gasteiger partial charge on any atom is -0.361 e. The minimum absolute atomic E-state index is 0.0684. The van der Waals surface area contributed by atoms with Gasteiger partial charge in [-0.2, -0.15) is 4.98 Å². The summed E-state index contributed by atoms with van der Waals surface area (Å²) >= 11 is 1.04. The Morgan fingerprint density at radius 3 is 2.62 bits per heavy atom. The lowest BCUT2D eigenvalue weighted by Crippen LogP contribution is -2.08. The maximum atomic E-state index is 13.8. The molecule has 1 fully saturated rings. The van der Waals surface area contributed by atoms with Gasteiger partial charge in [-0.3, -0.25) is 10.1 Å². The van der Waals surface area contributed by atoms with Gasteiger partial charge in [0.05, 0.1) is 4.92 Å². The number of aromatic nitrogens is 2. The molecular formula is C15H14F2N4O2S. The van der Waals surface area contributed by atoms with Gasteiger partial charge in [0, 0.05) is 16.9 Å². The first kappa shape index (κ1) is 16.6. The Labute approximate surface area is 140 Å². The molecule has 9 heteroatoms. The predicted octanol–water partition coefficient (Wildman–Crippen LogP) is 4.09. The van der Waals surface area contributed by atoms with E-state index in [1.54, 1.807) is 6.92 Å². The van der Waals surface area contributed by atoms with Gasteiger partial charge in [0.15, 0.2) is 5.16 Å². The van der Waals surface area contributed by atoms with Crippen molar-refractivity contribution in [3.63, 3.8) is 0 Å². The molecule has 3 rings (SSSR count). The van der Waals surface area contributed by atoms with E-state index in [1.807, 2.05) is 0 Å². The lowest BCUT2D eigenvalue weighted by atomic mass is 10.1. The van der Waals surface area contributed by atoms with Crippen LogP contribution in [0, 0.1) is 21.7 Å². The Morgan fingerprint density at radius 2 is 2.04 bits per heavy atom. The molecule has 1 aromatic carbocycles. The van der Waals surface area contributed by atoms with Crippen LogP contribution in [0.4, 0.5) is 20.3 Å². The number of thioether (sulfide) groups is 1. The monoisotopic (exact) mass is 352 g/mol. The van der Waals surface area contributed by atoms with Crippen molar-refractivity contribution in [1.82, 2.24) is 9.97 Å². The molecule has 1 atom stereocenters. The van der Waals surface area contributed by atoms with Gasteiger partial charge in [0.1, 0.15) is 17.8 Å². The van der Waals surface area contributed by atoms with Crippen molar-refractivity contribution in [3.8, 4) is 0 Å². The largest absolute Gasteiger partial charge is 0.361 e. The molecule has 0 amide bonds. The third-order valence-electron chi connectivity index (χ3n) is 3.55. The lowest BCUT2D eigenvalue weighted by Gasteiger charge is -2.13. The van der Waals surface area contributed by atoms with Crippen LogP contribution in [0.25, 0.3) is 0 Å². The van der Waals surface area contributed by atoms with Gasteiger partial charge < -0.3 is 5.32 Å². The second kappa shape index (κ2) is 6.68. The maximum absolute atomic E-state index is 13.8. The van der Waals surface area contributed by atoms with Crippen LogP contribution in [0.1, 0.15) is 30.6 Å². The third-order valence-corrected chi connectivity index (χ3v) is 4.55. The quantitative estimate of drug-likeness (QED) is 0.365. The summed E-state index contributed by atoms with van der Waals surface area (Å²) in [7, 11) is 0. The zero-order valence-electron chi connectivity index (χ0n) is 12.7. The van der Waals surface area contributed by atoms with Gasteiger partial charge >= 0.3 is 5.69 Å². The molecule has 1 aromatic heterocycles. The van der Waals surface area contributed by atoms with Gasteiger partial charge in [-0.05, 0) is 31.9 Å². The molecule has 1 N–H and O–H groups in total. The van der Waals surface area contributed by atoms with Crippen molar-refractivity contribution in [3.05, 3.63) is 51.7 Å². The summed E-state index contributed by atoms with van der Waals surface area (Å²) in [5, 5.41) is 13.7. The molecule has 1 heterocycles. The van der Waals surface area contributed by atoms with Crippen LogP contribution in [0.2, 0.25) is 0 Å². The van der Waals surface area contributed by atoms with Gasteiger partial charge in [0.25, 0.3) is 0 Å². The van der Waals surface area contributed by atoms with Crippen LogP contribution in [-0.2, 0) is 0 Å². The van der Waals surface area contributed by atoms with Crippen LogP contribution in [0.15, 0.2) is 29.6 Å². The molecule has 0 saturated heterocycles. The number of anilines is 1. The van der Waals surface area contributed by atoms with Crippen molar-refractivity contribution in [2.45, 2.75) is 36.2 Å². The molecule has 1 aliphatic rings. The Hall–Kier alpha value is -2.29. The number of rotatable bonds is 6. The molecule has 0 unspecified atom stereocenters. The number of benzene rings is 1. The number of nitrogens with zero attached hydrogens (tertiary/aromatic N) is 3. The van der Waals surface area contributed by atoms with Gasteiger partial charge in [-0.25, -0.2) is 13.8 Å². The fourth-order valence-electron chi connectivity index (χ4n) is 2.19. The highest BCUT2D eigenvalue weighted by Crippen LogP contribution is 2.37. The van der Waals surface area contributed by atoms with Crippen LogP contribution in [0.3, 0.4) is 0 Å². The highest BCUT2D eigenvalue weighted by molar-refractivity contribution is 7.99. The fourth-order valence-corrected chi connectivity index (χ4v) is 3.11. The van der Waals surface area contributed by atoms with Gasteiger partial charge in [-0.15, -0.1) is 0 Å². The van der Waals surface area contributed by atoms with Crippen molar-refractivity contribution in [1.29, 1.82) is 0 Å². The van der Waals surface area contributed by atoms with Crippen LogP contribution < -0.4 is 5.32 Å². The van der Waals surface area contributed by atoms with Crippen LogP contribution in [-0.4, -0.2) is 20.9 Å². The molecule has 0 spiro atoms. The fraction of sp³-hybridized carbons (Fsp3) is 0.333. The number of hydrogen-bond donors (Lipinski definition) is 1. The molecule has 1 saturated carbocycles. The van der Waals surface area contributed by atoms with E-state index in [0.29, 0.717) is 0 Å². The first-order valence-corrected chi connectivity index (χ1v) is 8.22. The SMILES string of the molecule is C[C@@H](Sc1ncc([N+](=O)[O-])c(NC2CC2)n1)c1c(F)cccc1F. The highest BCUT2D eigenvalue weighted by Gasteiger charge is 2.27. The third kappa shape index (κ3) is 3.61. The summed E-state index contributed by atoms with van der Waals surface area (Å²) in [6.45, 7) is 1.63. The van der Waals surface area contributed by atoms with E-state index in [4.69, 9.17) is 0 Å². The average Bonchev–Trinajstić information content (AvgIpc) is 3.31. The molecule has 2 aromatic rings. The second-order valence-corrected chi connectivity index (χ2v) is 6.77. The Balaban J connectivity index is 1.85. The standard InChI is InChI=1S/C15H14F2N4O2S/c1-8(13-10(16)3-2-4-11(13)17)24-15-18-7-12(21(22)23)14(20-15)19-9-5-6-9/h2-4,7-9H,5-6H2,1H3,(H,18,19,20)/t8-/m1/s1. The van der Waals surface area contributed by atoms with Crippen molar-refractivity contribution < 1.29 is 13.7 Å². The molecular weight excluding hydrogens is 338 g/mol. The zero-order chi connectivity index (χ0) is 17.3. The number of hydrogen-bond acceptors (Lipinski definition) is 6. The topological polar surface area (TPSA) is 81.0 Å². The summed E-state index contributed by atoms with van der Waals surface area (Å²) in [5.41, 5.74) is -0.280. The molecule has 6 nitrogen and oxygen atoms in total. The summed E-state index contributed by atoms with van der Waals surface area (Å²) in [5.74, 6) is -1.15. The average molecular weight is 352 g/mol. The van der Waals surface area contributed by atoms with E-state index in [1.165, 1.54) is 18.2 Å². The molecule has 126 valence electrons. The maximum Gasteiger partial charge on any atom is 0.329 e. The molecule has 0 aliphatic heterocycles. The van der Waals surface area contributed by atoms with E-state index < -0.39 is 21.8 Å². The van der Waals surface area contributed by atoms with E-state index in [0.717, 1.165) is 30.8 Å². The Morgan fingerprint density at radius 1 is 1.38 bits per heavy atom. The van der Waals surface area contributed by atoms with E-state index >= 15 is 0 Å². The van der Waals surface area contributed by atoms with Crippen molar-refractivity contribution in [2.75, 3.05) is 5.32 Å². The lowest BCUT2D eigenvalue weighted by molar-refractivity contribution is -0.384. The zero-order valence-corrected chi connectivity index (χ0v) is 13.5. The molecule has 0 radical (unpaired) electrons. The van der Waals surface area contributed by atoms with E-state index in [9.17, 15) is 18.9 Å². The summed E-state index contributed by atoms with van der Waals surface area (Å²) in [6, 6.07) is 3.85. The van der Waals surface area contributed by atoms with Crippen molar-refractivity contribution in [2.24, 2.45) is 0 Å². The van der Waals surface area contributed by atoms with E-state index in [-0.39, 0.29) is 28.3 Å². The first-order chi connectivity index (χ1) is 11.5. The predicted molar refractivity (Wildman–Crippen MR) is 86.0 cm³/mol. The number of halogens is 2. The normalized spacial score (nSPS) is 15.1. The first-order valence-electron chi connectivity index (χ1n) is 7.34. The van der Waals surface area contributed by atoms with E-state index in [2.05, 4.69) is 15.3 Å². The molecule has 1 aliphatic carbocycles. The van der Waals surface area contributed by atoms with Gasteiger partial charge in [-0.1, -0.05) is 17.8 Å². The molecule has 24 heavy (non-hydrogen) atoms. The summed E-state index contributed by atoms with van der Waals surface area (Å²) in [6.07, 6.45) is 2.98. The number of nitrogens with one attached hydrogen (secondary N) is 1. The minimum atomic E-state index is -0.645. The summed E-state index contributed by atoms with van der Waals surface area (Å²) < 4.78 is 27.7. The Kier molecular flexibility index (Phi) is 4.61. The van der Waals surface area contributed by atoms with Gasteiger partial charge in [0.2, 0.25) is 5.82 Å². The Bertz CT molecular complexity index is 766. The smallest absolute Gasteiger partial charge is 0.329 e. The highest BCUT2D eigenvalue weighted by atomic mass is 32.2.